The predicted octanol–water partition coefficient (Wildman–Crippen LogP) is 2.35. The first-order valence-corrected chi connectivity index (χ1v) is 4.88. The fourth-order valence-corrected chi connectivity index (χ4v) is 1.30. The van der Waals surface area contributed by atoms with Gasteiger partial charge in [-0.15, -0.1) is 0 Å². The van der Waals surface area contributed by atoms with Crippen LogP contribution in [0.1, 0.15) is 5.56 Å². The summed E-state index contributed by atoms with van der Waals surface area (Å²) in [7, 11) is 1.21. The standard InChI is InChI=1S/C11H9ClFN2O2/c1-14-15-10(11(16)17-2)5-7-3-4-8(13)6-9(7)12/h3-6H,1H2,2H3/q+1/b10-5-. The molecule has 0 unspecified atom stereocenters. The van der Waals surface area contributed by atoms with E-state index in [1.807, 2.05) is 0 Å². The zero-order chi connectivity index (χ0) is 12.8. The Hall–Kier alpha value is -1.97. The number of ether oxygens (including phenoxy) is 1. The van der Waals surface area contributed by atoms with E-state index >= 15 is 0 Å². The van der Waals surface area contributed by atoms with Crippen molar-refractivity contribution >= 4 is 30.4 Å². The van der Waals surface area contributed by atoms with Crippen LogP contribution in [0.25, 0.3) is 6.08 Å². The molecule has 0 radical (unpaired) electrons. The Bertz CT molecular complexity index is 522. The molecular formula is C11H9ClFN2O2+. The summed E-state index contributed by atoms with van der Waals surface area (Å²) in [4.78, 5) is 14.5. The SMILES string of the molecule is C=[N+]=N/C(=C\c1ccc(F)cc1Cl)C(=O)OC. The molecule has 0 aliphatic carbocycles. The first-order valence-electron chi connectivity index (χ1n) is 4.50. The molecule has 17 heavy (non-hydrogen) atoms. The summed E-state index contributed by atoms with van der Waals surface area (Å²) in [6, 6.07) is 3.76. The molecule has 0 bridgehead atoms. The molecular weight excluding hydrogens is 247 g/mol. The number of hydrogen-bond acceptors (Lipinski definition) is 3. The highest BCUT2D eigenvalue weighted by Gasteiger charge is 2.14. The molecule has 0 aliphatic heterocycles. The van der Waals surface area contributed by atoms with Crippen molar-refractivity contribution in [1.82, 2.24) is 0 Å². The zero-order valence-electron chi connectivity index (χ0n) is 8.98. The molecule has 0 heterocycles. The molecule has 0 amide bonds. The van der Waals surface area contributed by atoms with E-state index in [9.17, 15) is 9.18 Å². The van der Waals surface area contributed by atoms with Crippen LogP contribution in [0, 0.1) is 5.82 Å². The minimum absolute atomic E-state index is 0.0731. The zero-order valence-corrected chi connectivity index (χ0v) is 9.74. The number of benzene rings is 1. The Morgan fingerprint density at radius 2 is 2.35 bits per heavy atom. The summed E-state index contributed by atoms with van der Waals surface area (Å²) in [6.07, 6.45) is 1.34. The summed E-state index contributed by atoms with van der Waals surface area (Å²) < 4.78 is 17.3. The smallest absolute Gasteiger partial charge is 0.364 e. The molecule has 0 atom stereocenters. The maximum atomic E-state index is 12.8. The van der Waals surface area contributed by atoms with Gasteiger partial charge in [0.05, 0.1) is 12.1 Å². The lowest BCUT2D eigenvalue weighted by Gasteiger charge is -1.98. The van der Waals surface area contributed by atoms with Gasteiger partial charge >= 0.3 is 5.97 Å². The Morgan fingerprint density at radius 3 is 2.88 bits per heavy atom. The molecule has 0 spiro atoms. The highest BCUT2D eigenvalue weighted by Crippen LogP contribution is 2.20. The molecule has 6 heteroatoms. The lowest BCUT2D eigenvalue weighted by Crippen LogP contribution is -2.02. The van der Waals surface area contributed by atoms with E-state index in [2.05, 4.69) is 21.4 Å². The van der Waals surface area contributed by atoms with E-state index in [0.717, 1.165) is 6.07 Å². The van der Waals surface area contributed by atoms with Gasteiger partial charge in [0.15, 0.2) is 0 Å². The van der Waals surface area contributed by atoms with Gasteiger partial charge in [0.25, 0.3) is 6.72 Å². The monoisotopic (exact) mass is 255 g/mol. The fourth-order valence-electron chi connectivity index (χ4n) is 1.08. The quantitative estimate of drug-likeness (QED) is 0.274. The third-order valence-corrected chi connectivity index (χ3v) is 2.16. The molecule has 88 valence electrons. The number of nitrogens with zero attached hydrogens (tertiary/aromatic N) is 2. The molecule has 0 saturated heterocycles. The number of methoxy groups -OCH3 is 1. The Labute approximate surface area is 102 Å². The summed E-state index contributed by atoms with van der Waals surface area (Å²) in [5.74, 6) is -1.15. The number of esters is 1. The second kappa shape index (κ2) is 5.94. The molecule has 1 aromatic rings. The highest BCUT2D eigenvalue weighted by molar-refractivity contribution is 6.32. The minimum Gasteiger partial charge on any atom is -0.464 e. The van der Waals surface area contributed by atoms with Gasteiger partial charge in [0.2, 0.25) is 5.70 Å². The van der Waals surface area contributed by atoms with E-state index in [4.69, 9.17) is 11.6 Å². The highest BCUT2D eigenvalue weighted by atomic mass is 35.5. The van der Waals surface area contributed by atoms with E-state index in [0.29, 0.717) is 5.56 Å². The van der Waals surface area contributed by atoms with Crippen LogP contribution >= 0.6 is 11.6 Å². The second-order valence-electron chi connectivity index (χ2n) is 2.93. The van der Waals surface area contributed by atoms with Gasteiger partial charge in [0, 0.05) is 4.79 Å². The molecule has 0 N–H and O–H groups in total. The summed E-state index contributed by atoms with van der Waals surface area (Å²) >= 11 is 5.80. The number of carbonyl (C=O) groups is 1. The van der Waals surface area contributed by atoms with Crippen LogP contribution in [-0.4, -0.2) is 24.6 Å². The van der Waals surface area contributed by atoms with Gasteiger partial charge in [-0.2, -0.15) is 0 Å². The Balaban J connectivity index is 3.21. The van der Waals surface area contributed by atoms with Crippen LogP contribution in [0.5, 0.6) is 0 Å². The summed E-state index contributed by atoms with van der Waals surface area (Å²) in [5.41, 5.74) is 0.358. The van der Waals surface area contributed by atoms with Crippen LogP contribution in [-0.2, 0) is 9.53 Å². The van der Waals surface area contributed by atoms with Crippen molar-refractivity contribution in [2.45, 2.75) is 0 Å². The van der Waals surface area contributed by atoms with Crippen molar-refractivity contribution in [3.63, 3.8) is 0 Å². The maximum absolute atomic E-state index is 12.8. The van der Waals surface area contributed by atoms with E-state index < -0.39 is 11.8 Å². The van der Waals surface area contributed by atoms with Crippen LogP contribution < -0.4 is 0 Å². The predicted molar refractivity (Wildman–Crippen MR) is 61.2 cm³/mol. The second-order valence-corrected chi connectivity index (χ2v) is 3.34. The number of halogens is 2. The normalized spacial score (nSPS) is 10.6. The third-order valence-electron chi connectivity index (χ3n) is 1.83. The van der Waals surface area contributed by atoms with Gasteiger partial charge in [-0.25, -0.2) is 9.18 Å². The molecule has 0 saturated carbocycles. The first-order chi connectivity index (χ1) is 8.08. The van der Waals surface area contributed by atoms with Gasteiger partial charge in [0.1, 0.15) is 10.9 Å². The Morgan fingerprint density at radius 1 is 1.65 bits per heavy atom. The maximum Gasteiger partial charge on any atom is 0.364 e. The van der Waals surface area contributed by atoms with E-state index in [1.165, 1.54) is 25.3 Å². The average Bonchev–Trinajstić information content (AvgIpc) is 2.30. The lowest BCUT2D eigenvalue weighted by atomic mass is 10.2. The van der Waals surface area contributed by atoms with Gasteiger partial charge < -0.3 is 4.74 Å². The number of rotatable bonds is 3. The van der Waals surface area contributed by atoms with Crippen LogP contribution in [0.4, 0.5) is 4.39 Å². The lowest BCUT2D eigenvalue weighted by molar-refractivity contribution is -0.138. The fraction of sp³-hybridized carbons (Fsp3) is 0.0909. The molecule has 0 aromatic heterocycles. The van der Waals surface area contributed by atoms with Crippen LogP contribution in [0.15, 0.2) is 29.0 Å². The number of carbonyl (C=O) groups excluding carboxylic acids is 1. The van der Waals surface area contributed by atoms with Crippen molar-refractivity contribution in [3.05, 3.63) is 40.3 Å². The van der Waals surface area contributed by atoms with Gasteiger partial charge in [-0.1, -0.05) is 17.7 Å². The largest absolute Gasteiger partial charge is 0.464 e. The first kappa shape index (κ1) is 13.1. The molecule has 0 aliphatic rings. The molecule has 4 nitrogen and oxygen atoms in total. The van der Waals surface area contributed by atoms with E-state index in [-0.39, 0.29) is 10.7 Å². The number of hydrogen-bond donors (Lipinski definition) is 0. The van der Waals surface area contributed by atoms with Crippen molar-refractivity contribution in [2.24, 2.45) is 5.11 Å². The third kappa shape index (κ3) is 3.52. The topological polar surface area (TPSA) is 52.8 Å². The van der Waals surface area contributed by atoms with Gasteiger partial charge in [-0.05, 0) is 23.8 Å². The Kier molecular flexibility index (Phi) is 4.57. The molecule has 1 rings (SSSR count). The van der Waals surface area contributed by atoms with Crippen molar-refractivity contribution < 1.29 is 18.7 Å². The minimum atomic E-state index is -0.683. The summed E-state index contributed by atoms with van der Waals surface area (Å²) in [5, 5.41) is 3.66. The van der Waals surface area contributed by atoms with Crippen molar-refractivity contribution in [3.8, 4) is 0 Å². The van der Waals surface area contributed by atoms with Crippen LogP contribution in [0.2, 0.25) is 5.02 Å². The van der Waals surface area contributed by atoms with Crippen molar-refractivity contribution in [2.75, 3.05) is 7.11 Å². The molecule has 0 fully saturated rings. The van der Waals surface area contributed by atoms with E-state index in [1.54, 1.807) is 0 Å². The average molecular weight is 256 g/mol. The molecule has 1 aromatic carbocycles. The summed E-state index contributed by atoms with van der Waals surface area (Å²) in [6.45, 7) is 3.14. The van der Waals surface area contributed by atoms with Crippen molar-refractivity contribution in [1.29, 1.82) is 0 Å². The van der Waals surface area contributed by atoms with Crippen LogP contribution in [0.3, 0.4) is 0 Å². The van der Waals surface area contributed by atoms with Gasteiger partial charge in [-0.3, -0.25) is 0 Å².